The van der Waals surface area contributed by atoms with Crippen LogP contribution in [-0.4, -0.2) is 17.2 Å². The van der Waals surface area contributed by atoms with Crippen LogP contribution in [0.15, 0.2) is 24.3 Å². The highest BCUT2D eigenvalue weighted by molar-refractivity contribution is 9.09. The lowest BCUT2D eigenvalue weighted by Gasteiger charge is -2.12. The first-order chi connectivity index (χ1) is 6.63. The minimum Gasteiger partial charge on any atom is -0.483 e. The maximum atomic E-state index is 11.2. The van der Waals surface area contributed by atoms with E-state index in [9.17, 15) is 4.79 Å². The molecule has 0 N–H and O–H groups in total. The summed E-state index contributed by atoms with van der Waals surface area (Å²) in [5.41, 5.74) is 0. The van der Waals surface area contributed by atoms with Crippen molar-refractivity contribution in [2.45, 2.75) is 13.0 Å². The number of Topliss-reactive ketones (excluding diaryl/α,β-unsaturated/α-hetero) is 1. The summed E-state index contributed by atoms with van der Waals surface area (Å²) in [6.45, 7) is 1.71. The summed E-state index contributed by atoms with van der Waals surface area (Å²) >= 11 is 8.86. The summed E-state index contributed by atoms with van der Waals surface area (Å²) in [5, 5.41) is 0.898. The van der Waals surface area contributed by atoms with Gasteiger partial charge < -0.3 is 4.74 Å². The second-order valence-electron chi connectivity index (χ2n) is 2.82. The Labute approximate surface area is 96.3 Å². The van der Waals surface area contributed by atoms with Gasteiger partial charge in [-0.05, 0) is 25.1 Å². The zero-order valence-corrected chi connectivity index (χ0v) is 10.0. The lowest BCUT2D eigenvalue weighted by molar-refractivity contribution is -0.122. The molecular formula is C10H10BrClO2. The van der Waals surface area contributed by atoms with E-state index >= 15 is 0 Å². The number of ketones is 1. The number of carbonyl (C=O) groups is 1. The Morgan fingerprint density at radius 3 is 2.93 bits per heavy atom. The third-order valence-electron chi connectivity index (χ3n) is 1.69. The molecule has 0 aliphatic rings. The monoisotopic (exact) mass is 276 g/mol. The third-order valence-corrected chi connectivity index (χ3v) is 2.48. The third kappa shape index (κ3) is 3.31. The normalized spacial score (nSPS) is 12.2. The predicted molar refractivity (Wildman–Crippen MR) is 60.3 cm³/mol. The molecule has 1 unspecified atom stereocenters. The van der Waals surface area contributed by atoms with Crippen LogP contribution < -0.4 is 4.74 Å². The van der Waals surface area contributed by atoms with E-state index < -0.39 is 6.10 Å². The number of alkyl halides is 1. The van der Waals surface area contributed by atoms with Crippen LogP contribution in [0.5, 0.6) is 5.75 Å². The van der Waals surface area contributed by atoms with E-state index in [1.165, 1.54) is 0 Å². The minimum atomic E-state index is -0.451. The van der Waals surface area contributed by atoms with E-state index in [1.807, 2.05) is 0 Å². The highest BCUT2D eigenvalue weighted by Crippen LogP contribution is 2.18. The molecular weight excluding hydrogens is 267 g/mol. The number of carbonyl (C=O) groups excluding carboxylic acids is 1. The zero-order chi connectivity index (χ0) is 10.6. The van der Waals surface area contributed by atoms with Crippen molar-refractivity contribution in [3.8, 4) is 5.75 Å². The first-order valence-corrected chi connectivity index (χ1v) is 5.64. The maximum Gasteiger partial charge on any atom is 0.183 e. The molecule has 0 fully saturated rings. The predicted octanol–water partition coefficient (Wildman–Crippen LogP) is 3.07. The Bertz CT molecular complexity index is 328. The number of ether oxygens (including phenoxy) is 1. The van der Waals surface area contributed by atoms with E-state index in [0.717, 1.165) is 0 Å². The number of halogens is 2. The molecule has 14 heavy (non-hydrogen) atoms. The van der Waals surface area contributed by atoms with E-state index in [4.69, 9.17) is 16.3 Å². The standard InChI is InChI=1S/C10H10BrClO2/c1-7(10(13)6-11)14-9-4-2-3-8(12)5-9/h2-5,7H,6H2,1H3. The van der Waals surface area contributed by atoms with Gasteiger partial charge in [-0.15, -0.1) is 0 Å². The molecule has 0 amide bonds. The average molecular weight is 278 g/mol. The fraction of sp³-hybridized carbons (Fsp3) is 0.300. The summed E-state index contributed by atoms with van der Waals surface area (Å²) in [4.78, 5) is 11.2. The highest BCUT2D eigenvalue weighted by Gasteiger charge is 2.12. The van der Waals surface area contributed by atoms with Crippen LogP contribution in [0.3, 0.4) is 0 Å². The fourth-order valence-electron chi connectivity index (χ4n) is 0.919. The first-order valence-electron chi connectivity index (χ1n) is 4.14. The topological polar surface area (TPSA) is 26.3 Å². The van der Waals surface area contributed by atoms with Crippen LogP contribution in [0, 0.1) is 0 Å². The van der Waals surface area contributed by atoms with Crippen LogP contribution in [0.25, 0.3) is 0 Å². The maximum absolute atomic E-state index is 11.2. The Balaban J connectivity index is 2.64. The van der Waals surface area contributed by atoms with Gasteiger partial charge in [0.1, 0.15) is 5.75 Å². The van der Waals surface area contributed by atoms with Gasteiger partial charge in [-0.2, -0.15) is 0 Å². The van der Waals surface area contributed by atoms with Gasteiger partial charge in [0.2, 0.25) is 0 Å². The van der Waals surface area contributed by atoms with E-state index in [2.05, 4.69) is 15.9 Å². The highest BCUT2D eigenvalue weighted by atomic mass is 79.9. The van der Waals surface area contributed by atoms with Gasteiger partial charge in [0.25, 0.3) is 0 Å². The second kappa shape index (κ2) is 5.37. The molecule has 0 saturated heterocycles. The molecule has 0 aliphatic heterocycles. The van der Waals surface area contributed by atoms with Gasteiger partial charge in [-0.3, -0.25) is 4.79 Å². The molecule has 1 rings (SSSR count). The van der Waals surface area contributed by atoms with Gasteiger partial charge >= 0.3 is 0 Å². The van der Waals surface area contributed by atoms with Crippen molar-refractivity contribution >= 4 is 33.3 Å². The molecule has 4 heteroatoms. The molecule has 1 atom stereocenters. The summed E-state index contributed by atoms with van der Waals surface area (Å²) < 4.78 is 5.38. The Morgan fingerprint density at radius 1 is 1.64 bits per heavy atom. The fourth-order valence-corrected chi connectivity index (χ4v) is 1.55. The lowest BCUT2D eigenvalue weighted by atomic mass is 10.3. The lowest BCUT2D eigenvalue weighted by Crippen LogP contribution is -2.24. The van der Waals surface area contributed by atoms with E-state index in [-0.39, 0.29) is 5.78 Å². The minimum absolute atomic E-state index is 0.00461. The van der Waals surface area contributed by atoms with Gasteiger partial charge in [0.15, 0.2) is 11.9 Å². The van der Waals surface area contributed by atoms with Gasteiger partial charge in [-0.25, -0.2) is 0 Å². The Hall–Kier alpha value is -0.540. The van der Waals surface area contributed by atoms with Crippen molar-refractivity contribution in [1.29, 1.82) is 0 Å². The van der Waals surface area contributed by atoms with Crippen LogP contribution in [-0.2, 0) is 4.79 Å². The van der Waals surface area contributed by atoms with E-state index in [1.54, 1.807) is 31.2 Å². The molecule has 0 radical (unpaired) electrons. The van der Waals surface area contributed by atoms with Crippen molar-refractivity contribution in [1.82, 2.24) is 0 Å². The first kappa shape index (κ1) is 11.5. The smallest absolute Gasteiger partial charge is 0.183 e. The molecule has 76 valence electrons. The molecule has 0 aliphatic carbocycles. The van der Waals surface area contributed by atoms with Crippen LogP contribution in [0.1, 0.15) is 6.92 Å². The van der Waals surface area contributed by atoms with Crippen LogP contribution in [0.2, 0.25) is 5.02 Å². The molecule has 0 aromatic heterocycles. The summed E-state index contributed by atoms with van der Waals surface area (Å²) in [6.07, 6.45) is -0.451. The molecule has 1 aromatic rings. The Kier molecular flexibility index (Phi) is 4.42. The number of benzene rings is 1. The quantitative estimate of drug-likeness (QED) is 0.791. The zero-order valence-electron chi connectivity index (χ0n) is 7.67. The summed E-state index contributed by atoms with van der Waals surface area (Å²) in [5.74, 6) is 0.615. The van der Waals surface area contributed by atoms with Crippen molar-refractivity contribution in [3.05, 3.63) is 29.3 Å². The molecule has 0 saturated carbocycles. The van der Waals surface area contributed by atoms with Gasteiger partial charge in [-0.1, -0.05) is 33.6 Å². The van der Waals surface area contributed by atoms with Crippen molar-refractivity contribution in [2.75, 3.05) is 5.33 Å². The van der Waals surface area contributed by atoms with Crippen molar-refractivity contribution in [2.24, 2.45) is 0 Å². The number of hydrogen-bond donors (Lipinski definition) is 0. The average Bonchev–Trinajstić information content (AvgIpc) is 2.16. The Morgan fingerprint density at radius 2 is 2.36 bits per heavy atom. The van der Waals surface area contributed by atoms with Crippen LogP contribution >= 0.6 is 27.5 Å². The number of hydrogen-bond acceptors (Lipinski definition) is 2. The van der Waals surface area contributed by atoms with Crippen LogP contribution in [0.4, 0.5) is 0 Å². The summed E-state index contributed by atoms with van der Waals surface area (Å²) in [6, 6.07) is 6.98. The van der Waals surface area contributed by atoms with E-state index in [0.29, 0.717) is 16.1 Å². The molecule has 0 heterocycles. The SMILES string of the molecule is CC(Oc1cccc(Cl)c1)C(=O)CBr. The number of rotatable bonds is 4. The van der Waals surface area contributed by atoms with Crippen molar-refractivity contribution < 1.29 is 9.53 Å². The molecule has 1 aromatic carbocycles. The van der Waals surface area contributed by atoms with Gasteiger partial charge in [0, 0.05) is 5.02 Å². The molecule has 0 spiro atoms. The second-order valence-corrected chi connectivity index (χ2v) is 3.81. The molecule has 0 bridgehead atoms. The summed E-state index contributed by atoms with van der Waals surface area (Å²) in [7, 11) is 0. The molecule has 2 nitrogen and oxygen atoms in total. The van der Waals surface area contributed by atoms with Gasteiger partial charge in [0.05, 0.1) is 5.33 Å². The van der Waals surface area contributed by atoms with Crippen molar-refractivity contribution in [3.63, 3.8) is 0 Å². The largest absolute Gasteiger partial charge is 0.483 e.